The fourth-order valence-corrected chi connectivity index (χ4v) is 3.39. The van der Waals surface area contributed by atoms with Crippen LogP contribution in [0.3, 0.4) is 0 Å². The molecule has 0 radical (unpaired) electrons. The Balaban J connectivity index is 1.68. The van der Waals surface area contributed by atoms with Gasteiger partial charge in [0.25, 0.3) is 5.91 Å². The summed E-state index contributed by atoms with van der Waals surface area (Å²) in [7, 11) is 0. The molecule has 2 aromatic heterocycles. The first kappa shape index (κ1) is 18.6. The highest BCUT2D eigenvalue weighted by molar-refractivity contribution is 5.95. The van der Waals surface area contributed by atoms with Crippen LogP contribution < -0.4 is 5.32 Å². The molecule has 1 atom stereocenters. The normalized spacial score (nSPS) is 11.8. The summed E-state index contributed by atoms with van der Waals surface area (Å²) in [5, 5.41) is 10.8. The van der Waals surface area contributed by atoms with Crippen LogP contribution in [-0.4, -0.2) is 25.7 Å². The van der Waals surface area contributed by atoms with Gasteiger partial charge in [0.05, 0.1) is 6.04 Å². The molecule has 0 saturated carbocycles. The van der Waals surface area contributed by atoms with Crippen molar-refractivity contribution in [3.63, 3.8) is 0 Å². The lowest BCUT2D eigenvalue weighted by molar-refractivity contribution is 0.0943. The molecule has 0 bridgehead atoms. The molecule has 0 unspecified atom stereocenters. The number of rotatable bonds is 5. The highest BCUT2D eigenvalue weighted by Crippen LogP contribution is 2.26. The number of amides is 1. The highest BCUT2D eigenvalue weighted by Gasteiger charge is 2.20. The van der Waals surface area contributed by atoms with Gasteiger partial charge in [-0.05, 0) is 54.8 Å². The van der Waals surface area contributed by atoms with Gasteiger partial charge in [-0.3, -0.25) is 14.3 Å². The van der Waals surface area contributed by atoms with Gasteiger partial charge in [-0.15, -0.1) is 10.2 Å². The molecule has 0 saturated heterocycles. The number of carbonyl (C=O) groups is 1. The zero-order valence-corrected chi connectivity index (χ0v) is 16.3. The molecular formula is C23H21N5O. The van der Waals surface area contributed by atoms with Gasteiger partial charge in [-0.25, -0.2) is 0 Å². The molecular weight excluding hydrogens is 362 g/mol. The van der Waals surface area contributed by atoms with Gasteiger partial charge in [0.2, 0.25) is 0 Å². The van der Waals surface area contributed by atoms with Crippen LogP contribution in [0.2, 0.25) is 0 Å². The minimum atomic E-state index is -0.296. The fourth-order valence-electron chi connectivity index (χ4n) is 3.39. The Hall–Kier alpha value is -3.80. The Bertz CT molecular complexity index is 1120. The molecule has 2 heterocycles. The maximum absolute atomic E-state index is 13.1. The van der Waals surface area contributed by atoms with E-state index in [1.807, 2.05) is 30.3 Å². The molecule has 0 spiro atoms. The number of pyridine rings is 1. The van der Waals surface area contributed by atoms with E-state index in [9.17, 15) is 4.79 Å². The molecule has 6 nitrogen and oxygen atoms in total. The number of benzene rings is 2. The minimum Gasteiger partial charge on any atom is -0.341 e. The van der Waals surface area contributed by atoms with E-state index in [2.05, 4.69) is 52.5 Å². The third-order valence-electron chi connectivity index (χ3n) is 4.85. The lowest BCUT2D eigenvalue weighted by atomic mass is 9.94. The van der Waals surface area contributed by atoms with Crippen LogP contribution in [0.4, 0.5) is 0 Å². The van der Waals surface area contributed by atoms with E-state index in [4.69, 9.17) is 0 Å². The summed E-state index contributed by atoms with van der Waals surface area (Å²) < 4.78 is 1.76. The third kappa shape index (κ3) is 4.06. The van der Waals surface area contributed by atoms with Crippen molar-refractivity contribution < 1.29 is 4.79 Å². The highest BCUT2D eigenvalue weighted by atomic mass is 16.1. The molecule has 4 aromatic rings. The lowest BCUT2D eigenvalue weighted by Gasteiger charge is -2.22. The molecule has 144 valence electrons. The standard InChI is InChI=1S/C23H21N5O/c1-16-8-9-21(17(2)11-16)22(19-6-4-10-24-13-19)27-23(29)18-5-3-7-20(12-18)28-14-25-26-15-28/h3-15,22H,1-2H3,(H,27,29)/t22-/m0/s1. The predicted octanol–water partition coefficient (Wildman–Crippen LogP) is 3.80. The van der Waals surface area contributed by atoms with Gasteiger partial charge >= 0.3 is 0 Å². The maximum atomic E-state index is 13.1. The summed E-state index contributed by atoms with van der Waals surface area (Å²) in [6.07, 6.45) is 6.72. The average molecular weight is 383 g/mol. The van der Waals surface area contributed by atoms with E-state index in [1.54, 1.807) is 35.7 Å². The first-order valence-electron chi connectivity index (χ1n) is 9.35. The van der Waals surface area contributed by atoms with Crippen molar-refractivity contribution in [3.8, 4) is 5.69 Å². The quantitative estimate of drug-likeness (QED) is 0.569. The van der Waals surface area contributed by atoms with Gasteiger partial charge in [-0.1, -0.05) is 35.9 Å². The van der Waals surface area contributed by atoms with E-state index >= 15 is 0 Å². The number of hydrogen-bond donors (Lipinski definition) is 1. The fraction of sp³-hybridized carbons (Fsp3) is 0.130. The largest absolute Gasteiger partial charge is 0.341 e. The Kier molecular flexibility index (Phi) is 5.16. The summed E-state index contributed by atoms with van der Waals surface area (Å²) >= 11 is 0. The molecule has 2 aromatic carbocycles. The SMILES string of the molecule is Cc1ccc([C@@H](NC(=O)c2cccc(-n3cnnc3)c2)c2cccnc2)c(C)c1. The van der Waals surface area contributed by atoms with E-state index in [0.29, 0.717) is 5.56 Å². The number of aromatic nitrogens is 4. The van der Waals surface area contributed by atoms with Crippen LogP contribution in [0.5, 0.6) is 0 Å². The summed E-state index contributed by atoms with van der Waals surface area (Å²) in [5.74, 6) is -0.159. The van der Waals surface area contributed by atoms with Crippen LogP contribution >= 0.6 is 0 Å². The van der Waals surface area contributed by atoms with E-state index in [0.717, 1.165) is 22.4 Å². The van der Waals surface area contributed by atoms with Gasteiger partial charge in [0.15, 0.2) is 0 Å². The topological polar surface area (TPSA) is 72.7 Å². The minimum absolute atomic E-state index is 0.159. The van der Waals surface area contributed by atoms with Crippen LogP contribution in [0.15, 0.2) is 79.6 Å². The maximum Gasteiger partial charge on any atom is 0.252 e. The lowest BCUT2D eigenvalue weighted by Crippen LogP contribution is -2.30. The molecule has 0 aliphatic rings. The summed E-state index contributed by atoms with van der Waals surface area (Å²) in [5.41, 5.74) is 5.68. The second-order valence-electron chi connectivity index (χ2n) is 6.97. The smallest absolute Gasteiger partial charge is 0.252 e. The molecule has 29 heavy (non-hydrogen) atoms. The van der Waals surface area contributed by atoms with Gasteiger partial charge in [0, 0.05) is 23.6 Å². The zero-order chi connectivity index (χ0) is 20.2. The van der Waals surface area contributed by atoms with Crippen LogP contribution in [0.25, 0.3) is 5.69 Å². The van der Waals surface area contributed by atoms with Crippen molar-refractivity contribution in [2.24, 2.45) is 0 Å². The van der Waals surface area contributed by atoms with Crippen molar-refractivity contribution in [3.05, 3.63) is 107 Å². The third-order valence-corrected chi connectivity index (χ3v) is 4.85. The van der Waals surface area contributed by atoms with Crippen LogP contribution in [0, 0.1) is 13.8 Å². The molecule has 1 amide bonds. The van der Waals surface area contributed by atoms with Gasteiger partial charge in [0.1, 0.15) is 12.7 Å². The Morgan fingerprint density at radius 3 is 2.55 bits per heavy atom. The zero-order valence-electron chi connectivity index (χ0n) is 16.3. The first-order valence-corrected chi connectivity index (χ1v) is 9.35. The Morgan fingerprint density at radius 2 is 1.83 bits per heavy atom. The van der Waals surface area contributed by atoms with Crippen molar-refractivity contribution in [2.45, 2.75) is 19.9 Å². The Labute approximate surface area is 169 Å². The monoisotopic (exact) mass is 383 g/mol. The summed E-state index contributed by atoms with van der Waals surface area (Å²) in [6, 6.07) is 17.2. The molecule has 0 aliphatic carbocycles. The average Bonchev–Trinajstić information content (AvgIpc) is 3.28. The molecule has 4 rings (SSSR count). The summed E-state index contributed by atoms with van der Waals surface area (Å²) in [4.78, 5) is 17.4. The van der Waals surface area contributed by atoms with Crippen LogP contribution in [0.1, 0.15) is 38.7 Å². The van der Waals surface area contributed by atoms with E-state index < -0.39 is 0 Å². The summed E-state index contributed by atoms with van der Waals surface area (Å²) in [6.45, 7) is 4.12. The molecule has 1 N–H and O–H groups in total. The first-order chi connectivity index (χ1) is 14.1. The number of nitrogens with one attached hydrogen (secondary N) is 1. The van der Waals surface area contributed by atoms with Crippen molar-refractivity contribution in [1.82, 2.24) is 25.1 Å². The van der Waals surface area contributed by atoms with Crippen molar-refractivity contribution >= 4 is 5.91 Å². The van der Waals surface area contributed by atoms with Gasteiger partial charge < -0.3 is 5.32 Å². The molecule has 0 aliphatic heterocycles. The van der Waals surface area contributed by atoms with E-state index in [-0.39, 0.29) is 11.9 Å². The van der Waals surface area contributed by atoms with Crippen molar-refractivity contribution in [2.75, 3.05) is 0 Å². The number of nitrogens with zero attached hydrogens (tertiary/aromatic N) is 4. The molecule has 0 fully saturated rings. The second kappa shape index (κ2) is 8.06. The number of hydrogen-bond acceptors (Lipinski definition) is 4. The molecule has 6 heteroatoms. The predicted molar refractivity (Wildman–Crippen MR) is 111 cm³/mol. The van der Waals surface area contributed by atoms with E-state index in [1.165, 1.54) is 5.56 Å². The number of carbonyl (C=O) groups excluding carboxylic acids is 1. The Morgan fingerprint density at radius 1 is 1.00 bits per heavy atom. The second-order valence-corrected chi connectivity index (χ2v) is 6.97. The van der Waals surface area contributed by atoms with Gasteiger partial charge in [-0.2, -0.15) is 0 Å². The van der Waals surface area contributed by atoms with Crippen molar-refractivity contribution in [1.29, 1.82) is 0 Å². The number of aryl methyl sites for hydroxylation is 2. The van der Waals surface area contributed by atoms with Crippen LogP contribution in [-0.2, 0) is 0 Å².